The van der Waals surface area contributed by atoms with Gasteiger partial charge in [-0.25, -0.2) is 0 Å². The van der Waals surface area contributed by atoms with Gasteiger partial charge in [-0.2, -0.15) is 0 Å². The lowest BCUT2D eigenvalue weighted by molar-refractivity contribution is -0.106. The quantitative estimate of drug-likeness (QED) is 0.606. The Kier molecular flexibility index (Phi) is 95.6. The van der Waals surface area contributed by atoms with E-state index < -0.39 is 0 Å². The fraction of sp³-hybridized carbons (Fsp3) is 0.562. The first kappa shape index (κ1) is 30.1. The zero-order chi connectivity index (χ0) is 15.8. The number of hydrogen-bond acceptors (Lipinski definition) is 2. The van der Waals surface area contributed by atoms with E-state index in [1.54, 1.807) is 24.3 Å². The summed E-state index contributed by atoms with van der Waals surface area (Å²) in [5.74, 6) is 0.322. The second kappa shape index (κ2) is 57.3. The van der Waals surface area contributed by atoms with Crippen LogP contribution in [0.1, 0.15) is 62.3 Å². The maximum absolute atomic E-state index is 8.81. The first-order chi connectivity index (χ1) is 8.81. The number of hydrogen-bond donors (Lipinski definition) is 1. The molecule has 1 aromatic carbocycles. The van der Waals surface area contributed by atoms with Gasteiger partial charge in [0.05, 0.1) is 0 Å². The van der Waals surface area contributed by atoms with Crippen LogP contribution in [0, 0.1) is 0 Å². The second-order valence-corrected chi connectivity index (χ2v) is 1.57. The van der Waals surface area contributed by atoms with Gasteiger partial charge in [0.2, 0.25) is 0 Å². The highest BCUT2D eigenvalue weighted by atomic mass is 16.3. The Bertz CT molecular complexity index is 172. The Morgan fingerprint density at radius 3 is 1.11 bits per heavy atom. The molecule has 0 atom stereocenters. The molecule has 0 aliphatic heterocycles. The zero-order valence-electron chi connectivity index (χ0n) is 13.8. The largest absolute Gasteiger partial charge is 0.508 e. The summed E-state index contributed by atoms with van der Waals surface area (Å²) in [7, 11) is 0. The molecule has 1 rings (SSSR count). The summed E-state index contributed by atoms with van der Waals surface area (Å²) < 4.78 is 0. The summed E-state index contributed by atoms with van der Waals surface area (Å²) in [4.78, 5) is 8.81. The highest BCUT2D eigenvalue weighted by Gasteiger charge is 1.74. The molecule has 0 saturated heterocycles. The maximum atomic E-state index is 8.81. The lowest BCUT2D eigenvalue weighted by atomic mass is 10.3. The van der Waals surface area contributed by atoms with E-state index in [1.165, 1.54) is 6.92 Å². The zero-order valence-corrected chi connectivity index (χ0v) is 13.8. The Morgan fingerprint density at radius 1 is 0.778 bits per heavy atom. The van der Waals surface area contributed by atoms with Crippen molar-refractivity contribution in [3.63, 3.8) is 0 Å². The number of carbonyl (C=O) groups excluding carboxylic acids is 1. The molecule has 0 amide bonds. The minimum absolute atomic E-state index is 0.322. The normalized spacial score (nSPS) is 5.39. The average Bonchev–Trinajstić information content (AvgIpc) is 2.49. The molecule has 2 nitrogen and oxygen atoms in total. The van der Waals surface area contributed by atoms with Gasteiger partial charge >= 0.3 is 0 Å². The Morgan fingerprint density at radius 2 is 1.00 bits per heavy atom. The molecule has 0 unspecified atom stereocenters. The van der Waals surface area contributed by atoms with Crippen LogP contribution in [0.4, 0.5) is 0 Å². The molecule has 0 fully saturated rings. The van der Waals surface area contributed by atoms with E-state index >= 15 is 0 Å². The summed E-state index contributed by atoms with van der Waals surface area (Å²) in [5.41, 5.74) is 0. The summed E-state index contributed by atoms with van der Waals surface area (Å²) in [6.45, 7) is 17.4. The molecule has 0 radical (unpaired) electrons. The topological polar surface area (TPSA) is 37.3 Å². The van der Waals surface area contributed by atoms with Crippen molar-refractivity contribution in [2.75, 3.05) is 0 Å². The first-order valence-corrected chi connectivity index (χ1v) is 6.95. The monoisotopic (exact) mass is 258 g/mol. The van der Waals surface area contributed by atoms with Gasteiger partial charge in [-0.1, -0.05) is 73.6 Å². The highest BCUT2D eigenvalue weighted by Crippen LogP contribution is 2.02. The van der Waals surface area contributed by atoms with Gasteiger partial charge in [-0.3, -0.25) is 0 Å². The van der Waals surface area contributed by atoms with Crippen molar-refractivity contribution in [3.05, 3.63) is 30.3 Å². The average molecular weight is 258 g/mol. The summed E-state index contributed by atoms with van der Waals surface area (Å²) in [6.07, 6.45) is 0.750. The third-order valence-corrected chi connectivity index (χ3v) is 0.756. The van der Waals surface area contributed by atoms with Gasteiger partial charge in [0.25, 0.3) is 0 Å². The predicted octanol–water partition coefficient (Wildman–Crippen LogP) is 5.70. The molecule has 0 aliphatic carbocycles. The molecule has 0 heterocycles. The van der Waals surface area contributed by atoms with Crippen molar-refractivity contribution < 1.29 is 9.90 Å². The van der Waals surface area contributed by atoms with E-state index in [0.29, 0.717) is 5.75 Å². The fourth-order valence-electron chi connectivity index (χ4n) is 0.428. The van der Waals surface area contributed by atoms with Crippen LogP contribution in [0.25, 0.3) is 0 Å². The molecule has 0 saturated carbocycles. The van der Waals surface area contributed by atoms with Crippen LogP contribution >= 0.6 is 0 Å². The molecule has 0 aromatic heterocycles. The third-order valence-electron chi connectivity index (χ3n) is 0.756. The van der Waals surface area contributed by atoms with Gasteiger partial charge < -0.3 is 9.90 Å². The number of aldehydes is 1. The minimum atomic E-state index is 0.322. The van der Waals surface area contributed by atoms with Gasteiger partial charge in [-0.05, 0) is 19.1 Å². The molecule has 18 heavy (non-hydrogen) atoms. The molecule has 1 N–H and O–H groups in total. The van der Waals surface area contributed by atoms with Crippen molar-refractivity contribution in [1.29, 1.82) is 0 Å². The molecule has 0 aliphatic rings. The van der Waals surface area contributed by atoms with Crippen LogP contribution < -0.4 is 0 Å². The Labute approximate surface area is 115 Å². The van der Waals surface area contributed by atoms with E-state index in [2.05, 4.69) is 0 Å². The van der Waals surface area contributed by atoms with Crippen LogP contribution in [0.5, 0.6) is 5.75 Å². The fourth-order valence-corrected chi connectivity index (χ4v) is 0.428. The van der Waals surface area contributed by atoms with Gasteiger partial charge in [0, 0.05) is 0 Å². The molecular weight excluding hydrogens is 224 g/mol. The number of benzene rings is 1. The summed E-state index contributed by atoms with van der Waals surface area (Å²) in [5, 5.41) is 8.63. The Balaban J connectivity index is -0.0000000442. The van der Waals surface area contributed by atoms with Gasteiger partial charge in [-0.15, -0.1) is 0 Å². The molecule has 0 spiro atoms. The molecule has 0 bridgehead atoms. The number of aromatic hydroxyl groups is 1. The van der Waals surface area contributed by atoms with Crippen LogP contribution in [0.3, 0.4) is 0 Å². The molecule has 2 heteroatoms. The first-order valence-electron chi connectivity index (χ1n) is 6.95. The predicted molar refractivity (Wildman–Crippen MR) is 85.2 cm³/mol. The van der Waals surface area contributed by atoms with Gasteiger partial charge in [0.15, 0.2) is 0 Å². The van der Waals surface area contributed by atoms with E-state index in [0.717, 1.165) is 6.29 Å². The van der Waals surface area contributed by atoms with E-state index in [4.69, 9.17) is 9.90 Å². The second-order valence-electron chi connectivity index (χ2n) is 1.57. The smallest absolute Gasteiger partial charge is 0.116 e. The van der Waals surface area contributed by atoms with E-state index in [-0.39, 0.29) is 0 Å². The number of phenolic OH excluding ortho intramolecular Hbond substituents is 1. The third kappa shape index (κ3) is 61.5. The van der Waals surface area contributed by atoms with Gasteiger partial charge in [0.1, 0.15) is 12.0 Å². The van der Waals surface area contributed by atoms with E-state index in [9.17, 15) is 0 Å². The van der Waals surface area contributed by atoms with Crippen molar-refractivity contribution in [3.8, 4) is 5.75 Å². The Hall–Kier alpha value is -1.31. The van der Waals surface area contributed by atoms with Crippen LogP contribution in [0.15, 0.2) is 30.3 Å². The number of phenols is 1. The van der Waals surface area contributed by atoms with Crippen molar-refractivity contribution >= 4 is 6.29 Å². The lowest BCUT2D eigenvalue weighted by Gasteiger charge is -1.82. The van der Waals surface area contributed by atoms with Crippen LogP contribution in [-0.4, -0.2) is 11.4 Å². The maximum Gasteiger partial charge on any atom is 0.116 e. The number of carbonyl (C=O) groups is 1. The molecular formula is C16H34O2. The SMILES string of the molecule is CC.CC.CC.CC.CC=O.Oc1ccccc1. The van der Waals surface area contributed by atoms with Crippen molar-refractivity contribution in [2.24, 2.45) is 0 Å². The standard InChI is InChI=1S/C6H6O.C2H4O.4C2H6/c7-6-4-2-1-3-5-6;1-2-3;4*1-2/h1-5,7H;2H,1H3;4*1-2H3. The van der Waals surface area contributed by atoms with Crippen LogP contribution in [-0.2, 0) is 4.79 Å². The van der Waals surface area contributed by atoms with Crippen LogP contribution in [0.2, 0.25) is 0 Å². The molecule has 110 valence electrons. The lowest BCUT2D eigenvalue weighted by Crippen LogP contribution is -1.56. The van der Waals surface area contributed by atoms with E-state index in [1.807, 2.05) is 61.5 Å². The van der Waals surface area contributed by atoms with Crippen molar-refractivity contribution in [1.82, 2.24) is 0 Å². The van der Waals surface area contributed by atoms with Crippen molar-refractivity contribution in [2.45, 2.75) is 62.3 Å². The summed E-state index contributed by atoms with van der Waals surface area (Å²) in [6, 6.07) is 8.71. The number of rotatable bonds is 0. The highest BCUT2D eigenvalue weighted by molar-refractivity contribution is 5.44. The summed E-state index contributed by atoms with van der Waals surface area (Å²) >= 11 is 0. The minimum Gasteiger partial charge on any atom is -0.508 e. The molecule has 1 aromatic rings. The number of para-hydroxylation sites is 1.